The van der Waals surface area contributed by atoms with Crippen LogP contribution < -0.4 is 16.3 Å². The molecule has 31 heavy (non-hydrogen) atoms. The van der Waals surface area contributed by atoms with Gasteiger partial charge in [0, 0.05) is 5.69 Å². The number of H-pyrrole nitrogens is 1. The van der Waals surface area contributed by atoms with E-state index < -0.39 is 20.9 Å². The maximum absolute atomic E-state index is 11.8. The first-order valence-electron chi connectivity index (χ1n) is 8.81. The number of nitrogens with zero attached hydrogens (tertiary/aromatic N) is 1. The molecule has 3 aromatic rings. The van der Waals surface area contributed by atoms with Crippen LogP contribution in [-0.2, 0) is 9.13 Å². The molecule has 2 aromatic carbocycles. The van der Waals surface area contributed by atoms with Crippen molar-refractivity contribution >= 4 is 50.1 Å². The lowest BCUT2D eigenvalue weighted by molar-refractivity contribution is 0.385. The Morgan fingerprint density at radius 2 is 1.16 bits per heavy atom. The molecule has 0 fully saturated rings. The average molecular weight is 460 g/mol. The van der Waals surface area contributed by atoms with Gasteiger partial charge in [-0.3, -0.25) is 9.13 Å². The van der Waals surface area contributed by atoms with Gasteiger partial charge in [0.2, 0.25) is 0 Å². The van der Waals surface area contributed by atoms with E-state index in [-0.39, 0.29) is 10.6 Å². The molecule has 0 saturated carbocycles. The van der Waals surface area contributed by atoms with E-state index in [2.05, 4.69) is 9.97 Å². The van der Waals surface area contributed by atoms with Crippen LogP contribution in [0.5, 0.6) is 0 Å². The number of rotatable bonds is 6. The molecule has 1 heterocycles. The summed E-state index contributed by atoms with van der Waals surface area (Å²) >= 11 is 0. The van der Waals surface area contributed by atoms with E-state index in [1.54, 1.807) is 54.6 Å². The maximum Gasteiger partial charge on any atom is 0.356 e. The molecule has 0 saturated heterocycles. The Hall–Kier alpha value is -2.90. The van der Waals surface area contributed by atoms with Crippen molar-refractivity contribution in [3.05, 3.63) is 87.6 Å². The minimum Gasteiger partial charge on any atom is -0.321 e. The number of aromatic nitrogens is 2. The topological polar surface area (TPSA) is 161 Å². The van der Waals surface area contributed by atoms with Crippen molar-refractivity contribution in [2.24, 2.45) is 0 Å². The molecule has 11 heteroatoms. The Labute approximate surface area is 176 Å². The Morgan fingerprint density at radius 1 is 0.710 bits per heavy atom. The number of nitrogens with one attached hydrogen (secondary N) is 1. The van der Waals surface area contributed by atoms with Crippen LogP contribution in [0.4, 0.5) is 0 Å². The fraction of sp³-hybridized carbons (Fsp3) is 0. The molecule has 0 bridgehead atoms. The molecule has 0 aliphatic heterocycles. The molecule has 0 spiro atoms. The van der Waals surface area contributed by atoms with Gasteiger partial charge in [-0.1, -0.05) is 36.4 Å². The first kappa shape index (κ1) is 22.8. The van der Waals surface area contributed by atoms with Crippen LogP contribution >= 0.6 is 15.2 Å². The lowest BCUT2D eigenvalue weighted by Gasteiger charge is -2.03. The van der Waals surface area contributed by atoms with Crippen LogP contribution in [0.2, 0.25) is 0 Å². The third-order valence-corrected chi connectivity index (χ3v) is 6.09. The highest BCUT2D eigenvalue weighted by Crippen LogP contribution is 2.33. The largest absolute Gasteiger partial charge is 0.356 e. The van der Waals surface area contributed by atoms with Crippen LogP contribution in [0.15, 0.2) is 59.4 Å². The van der Waals surface area contributed by atoms with Gasteiger partial charge in [0.05, 0.1) is 16.3 Å². The molecule has 0 amide bonds. The third-order valence-electron chi connectivity index (χ3n) is 4.15. The number of benzene rings is 2. The molecule has 160 valence electrons. The summed E-state index contributed by atoms with van der Waals surface area (Å²) in [5.74, 6) is 0. The number of hydrogen-bond donors (Lipinski definition) is 5. The Kier molecular flexibility index (Phi) is 6.67. The van der Waals surface area contributed by atoms with Gasteiger partial charge < -0.3 is 24.6 Å². The molecular weight excluding hydrogens is 442 g/mol. The molecule has 0 aliphatic rings. The van der Waals surface area contributed by atoms with Crippen LogP contribution in [0, 0.1) is 0 Å². The first-order valence-corrected chi connectivity index (χ1v) is 12.0. The predicted octanol–water partition coefficient (Wildman–Crippen LogP) is 1.72. The van der Waals surface area contributed by atoms with Crippen molar-refractivity contribution in [1.82, 2.24) is 9.97 Å². The van der Waals surface area contributed by atoms with E-state index in [0.717, 1.165) is 0 Å². The first-order chi connectivity index (χ1) is 14.5. The molecule has 3 rings (SSSR count). The average Bonchev–Trinajstić information content (AvgIpc) is 2.70. The van der Waals surface area contributed by atoms with Gasteiger partial charge in [-0.15, -0.1) is 0 Å². The fourth-order valence-corrected chi connectivity index (χ4v) is 3.67. The minimum absolute atomic E-state index is 0.0804. The van der Waals surface area contributed by atoms with E-state index in [9.17, 15) is 13.9 Å². The smallest absolute Gasteiger partial charge is 0.321 e. The van der Waals surface area contributed by atoms with Gasteiger partial charge in [0.25, 0.3) is 0 Å². The van der Waals surface area contributed by atoms with Gasteiger partial charge in [-0.25, -0.2) is 4.79 Å². The molecule has 9 nitrogen and oxygen atoms in total. The second-order valence-corrected chi connectivity index (χ2v) is 9.71. The summed E-state index contributed by atoms with van der Waals surface area (Å²) in [6.07, 6.45) is 6.54. The zero-order valence-corrected chi connectivity index (χ0v) is 17.6. The van der Waals surface area contributed by atoms with Crippen LogP contribution in [0.25, 0.3) is 24.3 Å². The molecule has 0 atom stereocenters. The monoisotopic (exact) mass is 460 g/mol. The molecule has 0 aliphatic carbocycles. The standard InChI is InChI=1S/C20H18N2O7P2/c23-20-21-16(7-1-14-3-9-18(10-4-14)30(24,25)26)13-17(22-20)8-2-15-5-11-19(12-6-15)31(27,28)29/h1-13H,(H,21,22,23)(H2,24,25,26)(H2,27,28,29)/b7-1+,8-2+. The van der Waals surface area contributed by atoms with Crippen LogP contribution in [-0.4, -0.2) is 29.5 Å². The van der Waals surface area contributed by atoms with E-state index >= 15 is 0 Å². The Balaban J connectivity index is 1.78. The van der Waals surface area contributed by atoms with Gasteiger partial charge >= 0.3 is 20.9 Å². The van der Waals surface area contributed by atoms with Crippen LogP contribution in [0.1, 0.15) is 22.5 Å². The molecule has 1 aromatic heterocycles. The summed E-state index contributed by atoms with van der Waals surface area (Å²) in [6, 6.07) is 13.1. The summed E-state index contributed by atoms with van der Waals surface area (Å²) in [5.41, 5.74) is 1.63. The lowest BCUT2D eigenvalue weighted by Crippen LogP contribution is -2.12. The van der Waals surface area contributed by atoms with Crippen molar-refractivity contribution in [3.8, 4) is 0 Å². The van der Waals surface area contributed by atoms with Gasteiger partial charge in [0.15, 0.2) is 0 Å². The second-order valence-electron chi connectivity index (χ2n) is 6.50. The fourth-order valence-electron chi connectivity index (χ4n) is 2.60. The van der Waals surface area contributed by atoms with Crippen molar-refractivity contribution in [2.45, 2.75) is 0 Å². The van der Waals surface area contributed by atoms with Gasteiger partial charge in [-0.05, 0) is 53.6 Å². The highest BCUT2D eigenvalue weighted by atomic mass is 31.2. The number of aromatic amines is 1. The zero-order valence-electron chi connectivity index (χ0n) is 15.9. The second kappa shape index (κ2) is 9.08. The van der Waals surface area contributed by atoms with E-state index in [4.69, 9.17) is 19.6 Å². The Morgan fingerprint density at radius 3 is 1.61 bits per heavy atom. The van der Waals surface area contributed by atoms with Crippen molar-refractivity contribution in [2.75, 3.05) is 0 Å². The quantitative estimate of drug-likeness (QED) is 0.348. The highest BCUT2D eigenvalue weighted by Gasteiger charge is 2.16. The summed E-state index contributed by atoms with van der Waals surface area (Å²) < 4.78 is 22.4. The third kappa shape index (κ3) is 6.54. The number of hydrogen-bond acceptors (Lipinski definition) is 4. The molecule has 5 N–H and O–H groups in total. The SMILES string of the molecule is O=c1nc(/C=C/c2ccc(P(=O)(O)O)cc2)cc(/C=C/c2ccc(P(=O)(O)O)cc2)[nH]1. The predicted molar refractivity (Wildman–Crippen MR) is 119 cm³/mol. The molecule has 0 unspecified atom stereocenters. The highest BCUT2D eigenvalue weighted by molar-refractivity contribution is 7.60. The van der Waals surface area contributed by atoms with Crippen molar-refractivity contribution in [3.63, 3.8) is 0 Å². The molecular formula is C20H18N2O7P2. The summed E-state index contributed by atoms with van der Waals surface area (Å²) in [7, 11) is -8.60. The zero-order chi connectivity index (χ0) is 22.6. The van der Waals surface area contributed by atoms with Gasteiger partial charge in [-0.2, -0.15) is 4.98 Å². The van der Waals surface area contributed by atoms with E-state index in [1.807, 2.05) is 0 Å². The van der Waals surface area contributed by atoms with E-state index in [1.165, 1.54) is 24.3 Å². The minimum atomic E-state index is -4.30. The summed E-state index contributed by atoms with van der Waals surface area (Å²) in [5, 5.41) is -0.164. The van der Waals surface area contributed by atoms with Crippen molar-refractivity contribution in [1.29, 1.82) is 0 Å². The summed E-state index contributed by atoms with van der Waals surface area (Å²) in [6.45, 7) is 0. The van der Waals surface area contributed by atoms with Crippen LogP contribution in [0.3, 0.4) is 0 Å². The van der Waals surface area contributed by atoms with Crippen molar-refractivity contribution < 1.29 is 28.7 Å². The van der Waals surface area contributed by atoms with E-state index in [0.29, 0.717) is 22.5 Å². The maximum atomic E-state index is 11.8. The lowest BCUT2D eigenvalue weighted by atomic mass is 10.1. The normalized spacial score (nSPS) is 12.6. The molecule has 0 radical (unpaired) electrons. The summed E-state index contributed by atoms with van der Waals surface area (Å²) in [4.78, 5) is 54.8. The van der Waals surface area contributed by atoms with Gasteiger partial charge in [0.1, 0.15) is 0 Å². The Bertz CT molecular complexity index is 1190.